The molecule has 1 saturated heterocycles. The summed E-state index contributed by atoms with van der Waals surface area (Å²) in [5.74, 6) is 6.29. The molecule has 0 spiro atoms. The van der Waals surface area contributed by atoms with Gasteiger partial charge in [-0.25, -0.2) is 0 Å². The Bertz CT molecular complexity index is 352. The van der Waals surface area contributed by atoms with Gasteiger partial charge in [-0.3, -0.25) is 0 Å². The molecule has 14 heavy (non-hydrogen) atoms. The van der Waals surface area contributed by atoms with Crippen molar-refractivity contribution in [3.05, 3.63) is 35.9 Å². The molecule has 0 amide bonds. The van der Waals surface area contributed by atoms with E-state index >= 15 is 0 Å². The van der Waals surface area contributed by atoms with Gasteiger partial charge in [0.1, 0.15) is 5.60 Å². The molecular weight excluding hydrogens is 172 g/mol. The zero-order valence-electron chi connectivity index (χ0n) is 8.42. The van der Waals surface area contributed by atoms with E-state index in [-0.39, 0.29) is 5.60 Å². The standard InChI is InChI=1S/C13H14O/c1-13(11-14-13)10-6-5-9-12-7-3-2-4-8-12/h2-4,7-8H,5,9,11H2,1H3. The monoisotopic (exact) mass is 186 g/mol. The van der Waals surface area contributed by atoms with Crippen LogP contribution >= 0.6 is 0 Å². The van der Waals surface area contributed by atoms with Crippen LogP contribution in [0.5, 0.6) is 0 Å². The van der Waals surface area contributed by atoms with Gasteiger partial charge in [0.25, 0.3) is 0 Å². The topological polar surface area (TPSA) is 12.5 Å². The van der Waals surface area contributed by atoms with Crippen LogP contribution in [0.25, 0.3) is 0 Å². The second-order valence-electron chi connectivity index (χ2n) is 3.81. The minimum Gasteiger partial charge on any atom is -0.356 e. The molecule has 1 aliphatic rings. The van der Waals surface area contributed by atoms with Gasteiger partial charge in [-0.05, 0) is 18.9 Å². The van der Waals surface area contributed by atoms with Crippen molar-refractivity contribution >= 4 is 0 Å². The molecule has 0 radical (unpaired) electrons. The number of ether oxygens (including phenoxy) is 1. The Morgan fingerprint density at radius 1 is 1.36 bits per heavy atom. The van der Waals surface area contributed by atoms with Crippen LogP contribution < -0.4 is 0 Å². The van der Waals surface area contributed by atoms with Crippen molar-refractivity contribution in [2.45, 2.75) is 25.4 Å². The molecule has 0 saturated carbocycles. The van der Waals surface area contributed by atoms with Crippen molar-refractivity contribution in [1.29, 1.82) is 0 Å². The van der Waals surface area contributed by atoms with Gasteiger partial charge in [0.2, 0.25) is 0 Å². The molecule has 0 N–H and O–H groups in total. The summed E-state index contributed by atoms with van der Waals surface area (Å²) in [5, 5.41) is 0. The zero-order chi connectivity index (χ0) is 9.86. The molecule has 72 valence electrons. The summed E-state index contributed by atoms with van der Waals surface area (Å²) in [5.41, 5.74) is 1.24. The minimum atomic E-state index is -0.114. The molecule has 0 aliphatic carbocycles. The predicted molar refractivity (Wildman–Crippen MR) is 56.9 cm³/mol. The minimum absolute atomic E-state index is 0.114. The van der Waals surface area contributed by atoms with Gasteiger partial charge in [0, 0.05) is 6.42 Å². The summed E-state index contributed by atoms with van der Waals surface area (Å²) in [6.07, 6.45) is 1.95. The highest BCUT2D eigenvalue weighted by Crippen LogP contribution is 2.24. The van der Waals surface area contributed by atoms with Gasteiger partial charge in [-0.2, -0.15) is 0 Å². The molecule has 1 atom stereocenters. The van der Waals surface area contributed by atoms with E-state index in [1.807, 2.05) is 13.0 Å². The number of hydrogen-bond acceptors (Lipinski definition) is 1. The van der Waals surface area contributed by atoms with Crippen molar-refractivity contribution in [2.75, 3.05) is 6.61 Å². The molecule has 1 aliphatic heterocycles. The second-order valence-corrected chi connectivity index (χ2v) is 3.81. The molecule has 1 aromatic rings. The Morgan fingerprint density at radius 3 is 2.71 bits per heavy atom. The van der Waals surface area contributed by atoms with Crippen LogP contribution in [0.1, 0.15) is 18.9 Å². The first-order chi connectivity index (χ1) is 6.79. The van der Waals surface area contributed by atoms with E-state index in [4.69, 9.17) is 4.74 Å². The SMILES string of the molecule is CC1(C#CCCc2ccccc2)CO1. The lowest BCUT2D eigenvalue weighted by molar-refractivity contribution is 0.377. The molecule has 2 rings (SSSR count). The van der Waals surface area contributed by atoms with E-state index in [0.29, 0.717) is 0 Å². The molecule has 1 heteroatoms. The van der Waals surface area contributed by atoms with E-state index in [1.165, 1.54) is 5.56 Å². The smallest absolute Gasteiger partial charge is 0.149 e. The van der Waals surface area contributed by atoms with Gasteiger partial charge < -0.3 is 4.74 Å². The third kappa shape index (κ3) is 2.61. The van der Waals surface area contributed by atoms with Crippen molar-refractivity contribution in [1.82, 2.24) is 0 Å². The van der Waals surface area contributed by atoms with Crippen molar-refractivity contribution in [2.24, 2.45) is 0 Å². The van der Waals surface area contributed by atoms with Crippen molar-refractivity contribution in [3.8, 4) is 11.8 Å². The average molecular weight is 186 g/mol. The normalized spacial score (nSPS) is 23.8. The maximum absolute atomic E-state index is 5.17. The highest BCUT2D eigenvalue weighted by atomic mass is 16.6. The van der Waals surface area contributed by atoms with E-state index < -0.39 is 0 Å². The van der Waals surface area contributed by atoms with E-state index in [0.717, 1.165) is 19.4 Å². The van der Waals surface area contributed by atoms with Crippen molar-refractivity contribution in [3.63, 3.8) is 0 Å². The quantitative estimate of drug-likeness (QED) is 0.510. The van der Waals surface area contributed by atoms with Gasteiger partial charge >= 0.3 is 0 Å². The molecule has 1 nitrogen and oxygen atoms in total. The lowest BCUT2D eigenvalue weighted by Crippen LogP contribution is -1.97. The van der Waals surface area contributed by atoms with Gasteiger partial charge in [-0.1, -0.05) is 42.2 Å². The lowest BCUT2D eigenvalue weighted by atomic mass is 10.1. The predicted octanol–water partition coefficient (Wildman–Crippen LogP) is 2.41. The van der Waals surface area contributed by atoms with Crippen LogP contribution in [0.3, 0.4) is 0 Å². The summed E-state index contributed by atoms with van der Waals surface area (Å²) in [6, 6.07) is 10.4. The van der Waals surface area contributed by atoms with E-state index in [9.17, 15) is 0 Å². The van der Waals surface area contributed by atoms with Gasteiger partial charge in [0.05, 0.1) is 6.61 Å². The first-order valence-electron chi connectivity index (χ1n) is 4.96. The summed E-state index contributed by atoms with van der Waals surface area (Å²) in [4.78, 5) is 0. The Labute approximate surface area is 85.1 Å². The maximum atomic E-state index is 5.17. The van der Waals surface area contributed by atoms with Crippen LogP contribution in [0.4, 0.5) is 0 Å². The fourth-order valence-electron chi connectivity index (χ4n) is 1.28. The number of aryl methyl sites for hydroxylation is 1. The fourth-order valence-corrected chi connectivity index (χ4v) is 1.28. The van der Waals surface area contributed by atoms with Gasteiger partial charge in [0.15, 0.2) is 0 Å². The third-order valence-electron chi connectivity index (χ3n) is 2.31. The van der Waals surface area contributed by atoms with E-state index in [2.05, 4.69) is 36.1 Å². The second kappa shape index (κ2) is 3.86. The first-order valence-corrected chi connectivity index (χ1v) is 4.96. The van der Waals surface area contributed by atoms with Crippen LogP contribution in [0.2, 0.25) is 0 Å². The summed E-state index contributed by atoms with van der Waals surface area (Å²) in [7, 11) is 0. The van der Waals surface area contributed by atoms with E-state index in [1.54, 1.807) is 0 Å². The average Bonchev–Trinajstić information content (AvgIpc) is 2.94. The molecular formula is C13H14O. The van der Waals surface area contributed by atoms with Crippen LogP contribution in [0, 0.1) is 11.8 Å². The maximum Gasteiger partial charge on any atom is 0.149 e. The Morgan fingerprint density at radius 2 is 2.07 bits per heavy atom. The molecule has 0 aromatic heterocycles. The highest BCUT2D eigenvalue weighted by Gasteiger charge is 2.36. The number of benzene rings is 1. The molecule has 1 fully saturated rings. The summed E-state index contributed by atoms with van der Waals surface area (Å²) >= 11 is 0. The third-order valence-corrected chi connectivity index (χ3v) is 2.31. The summed E-state index contributed by atoms with van der Waals surface area (Å²) < 4.78 is 5.17. The van der Waals surface area contributed by atoms with Crippen LogP contribution in [-0.4, -0.2) is 12.2 Å². The van der Waals surface area contributed by atoms with Crippen LogP contribution in [0.15, 0.2) is 30.3 Å². The Kier molecular flexibility index (Phi) is 2.56. The van der Waals surface area contributed by atoms with Gasteiger partial charge in [-0.15, -0.1) is 0 Å². The van der Waals surface area contributed by atoms with Crippen LogP contribution in [-0.2, 0) is 11.2 Å². The number of epoxide rings is 1. The molecule has 1 unspecified atom stereocenters. The largest absolute Gasteiger partial charge is 0.356 e. The fraction of sp³-hybridized carbons (Fsp3) is 0.385. The molecule has 0 bridgehead atoms. The summed E-state index contributed by atoms with van der Waals surface area (Å²) in [6.45, 7) is 2.83. The Hall–Kier alpha value is -1.26. The highest BCUT2D eigenvalue weighted by molar-refractivity contribution is 5.21. The lowest BCUT2D eigenvalue weighted by Gasteiger charge is -1.95. The number of rotatable bonds is 2. The molecule has 1 aromatic carbocycles. The number of hydrogen-bond donors (Lipinski definition) is 0. The Balaban J connectivity index is 1.80. The molecule has 1 heterocycles. The first kappa shape index (κ1) is 9.30. The van der Waals surface area contributed by atoms with Crippen molar-refractivity contribution < 1.29 is 4.74 Å². The zero-order valence-corrected chi connectivity index (χ0v) is 8.42.